The van der Waals surface area contributed by atoms with Crippen LogP contribution in [-0.4, -0.2) is 15.0 Å². The lowest BCUT2D eigenvalue weighted by Crippen LogP contribution is -2.03. The van der Waals surface area contributed by atoms with Gasteiger partial charge in [-0.25, -0.2) is 0 Å². The molecule has 0 atom stereocenters. The molecule has 0 aliphatic carbocycles. The average molecular weight is 292 g/mol. The highest BCUT2D eigenvalue weighted by molar-refractivity contribution is 5.73. The second-order valence-electron chi connectivity index (χ2n) is 5.90. The Hall–Kier alpha value is -2.62. The van der Waals surface area contributed by atoms with E-state index in [0.717, 1.165) is 22.5 Å². The number of aryl methyl sites for hydroxylation is 4. The van der Waals surface area contributed by atoms with Crippen LogP contribution in [0.3, 0.4) is 0 Å². The Balaban J connectivity index is 2.12. The van der Waals surface area contributed by atoms with Crippen molar-refractivity contribution in [2.75, 3.05) is 5.73 Å². The number of hydrogen-bond acceptors (Lipinski definition) is 3. The third-order valence-corrected chi connectivity index (χ3v) is 3.79. The summed E-state index contributed by atoms with van der Waals surface area (Å²) >= 11 is 0. The molecule has 2 N–H and O–H groups in total. The molecule has 0 bridgehead atoms. The zero-order valence-corrected chi connectivity index (χ0v) is 13.4. The summed E-state index contributed by atoms with van der Waals surface area (Å²) in [5.41, 5.74) is 13.7. The van der Waals surface area contributed by atoms with E-state index in [4.69, 9.17) is 5.73 Å². The summed E-state index contributed by atoms with van der Waals surface area (Å²) in [4.78, 5) is 0. The van der Waals surface area contributed by atoms with Crippen LogP contribution in [0.15, 0.2) is 36.4 Å². The first-order chi connectivity index (χ1) is 10.5. The van der Waals surface area contributed by atoms with Crippen molar-refractivity contribution in [3.63, 3.8) is 0 Å². The summed E-state index contributed by atoms with van der Waals surface area (Å²) in [6, 6.07) is 12.5. The maximum absolute atomic E-state index is 6.31. The highest BCUT2D eigenvalue weighted by atomic mass is 15.5. The number of aromatic nitrogens is 3. The fourth-order valence-corrected chi connectivity index (χ4v) is 2.82. The molecule has 0 unspecified atom stereocenters. The van der Waals surface area contributed by atoms with E-state index < -0.39 is 0 Å². The first-order valence-corrected chi connectivity index (χ1v) is 7.33. The lowest BCUT2D eigenvalue weighted by atomic mass is 10.0. The van der Waals surface area contributed by atoms with Gasteiger partial charge in [-0.05, 0) is 56.5 Å². The monoisotopic (exact) mass is 292 g/mol. The van der Waals surface area contributed by atoms with Crippen LogP contribution < -0.4 is 5.73 Å². The zero-order valence-electron chi connectivity index (χ0n) is 13.4. The largest absolute Gasteiger partial charge is 0.382 e. The maximum atomic E-state index is 6.31. The van der Waals surface area contributed by atoms with E-state index in [1.165, 1.54) is 16.7 Å². The number of anilines is 1. The Labute approximate surface area is 130 Å². The Morgan fingerprint density at radius 3 is 2.18 bits per heavy atom. The van der Waals surface area contributed by atoms with Gasteiger partial charge in [0.25, 0.3) is 0 Å². The van der Waals surface area contributed by atoms with E-state index in [1.54, 1.807) is 4.68 Å². The quantitative estimate of drug-likeness (QED) is 0.782. The molecular formula is C18H20N4. The van der Waals surface area contributed by atoms with Gasteiger partial charge in [0.15, 0.2) is 5.82 Å². The second-order valence-corrected chi connectivity index (χ2v) is 5.90. The smallest absolute Gasteiger partial charge is 0.155 e. The fraction of sp³-hybridized carbons (Fsp3) is 0.222. The van der Waals surface area contributed by atoms with Gasteiger partial charge in [0.2, 0.25) is 0 Å². The number of nitrogen functional groups attached to an aromatic ring is 1. The van der Waals surface area contributed by atoms with Crippen molar-refractivity contribution < 1.29 is 0 Å². The van der Waals surface area contributed by atoms with Crippen molar-refractivity contribution in [2.45, 2.75) is 27.7 Å². The van der Waals surface area contributed by atoms with Gasteiger partial charge < -0.3 is 5.73 Å². The maximum Gasteiger partial charge on any atom is 0.155 e. The topological polar surface area (TPSA) is 56.7 Å². The molecule has 4 nitrogen and oxygen atoms in total. The molecule has 2 aromatic carbocycles. The van der Waals surface area contributed by atoms with Crippen LogP contribution in [-0.2, 0) is 0 Å². The second kappa shape index (κ2) is 5.30. The van der Waals surface area contributed by atoms with E-state index >= 15 is 0 Å². The third-order valence-electron chi connectivity index (χ3n) is 3.79. The molecule has 0 amide bonds. The molecule has 22 heavy (non-hydrogen) atoms. The molecule has 1 aromatic heterocycles. The van der Waals surface area contributed by atoms with Crippen LogP contribution in [0.1, 0.15) is 22.3 Å². The Morgan fingerprint density at radius 1 is 0.864 bits per heavy atom. The molecule has 0 spiro atoms. The van der Waals surface area contributed by atoms with Crippen molar-refractivity contribution in [1.29, 1.82) is 0 Å². The molecule has 0 fully saturated rings. The van der Waals surface area contributed by atoms with Crippen LogP contribution in [0.4, 0.5) is 5.82 Å². The molecule has 0 saturated heterocycles. The highest BCUT2D eigenvalue weighted by Gasteiger charge is 2.15. The summed E-state index contributed by atoms with van der Waals surface area (Å²) in [6.45, 7) is 8.27. The molecule has 0 aliphatic heterocycles. The summed E-state index contributed by atoms with van der Waals surface area (Å²) in [5.74, 6) is 0.567. The van der Waals surface area contributed by atoms with Gasteiger partial charge in [-0.15, -0.1) is 5.10 Å². The normalized spacial score (nSPS) is 10.9. The molecular weight excluding hydrogens is 272 g/mol. The molecule has 0 saturated carbocycles. The van der Waals surface area contributed by atoms with Crippen LogP contribution in [0, 0.1) is 27.7 Å². The summed E-state index contributed by atoms with van der Waals surface area (Å²) in [7, 11) is 0. The minimum atomic E-state index is 0.567. The van der Waals surface area contributed by atoms with Crippen molar-refractivity contribution >= 4 is 5.82 Å². The van der Waals surface area contributed by atoms with Gasteiger partial charge in [0.05, 0.1) is 5.69 Å². The molecule has 4 heteroatoms. The molecule has 0 aliphatic rings. The van der Waals surface area contributed by atoms with E-state index in [0.29, 0.717) is 5.82 Å². The van der Waals surface area contributed by atoms with Gasteiger partial charge in [-0.1, -0.05) is 35.0 Å². The Morgan fingerprint density at radius 2 is 1.55 bits per heavy atom. The van der Waals surface area contributed by atoms with E-state index in [-0.39, 0.29) is 0 Å². The van der Waals surface area contributed by atoms with Gasteiger partial charge in [0, 0.05) is 5.56 Å². The minimum absolute atomic E-state index is 0.567. The molecule has 112 valence electrons. The van der Waals surface area contributed by atoms with Crippen molar-refractivity contribution in [3.8, 4) is 16.9 Å². The van der Waals surface area contributed by atoms with Crippen LogP contribution in [0.5, 0.6) is 0 Å². The first-order valence-electron chi connectivity index (χ1n) is 7.33. The van der Waals surface area contributed by atoms with Crippen molar-refractivity contribution in [1.82, 2.24) is 15.0 Å². The SMILES string of the molecule is Cc1cc(C)cc(-n2nnc(-c3ccc(C)cc3C)c2N)c1. The van der Waals surface area contributed by atoms with Gasteiger partial charge in [-0.3, -0.25) is 0 Å². The van der Waals surface area contributed by atoms with Gasteiger partial charge >= 0.3 is 0 Å². The zero-order chi connectivity index (χ0) is 15.9. The van der Waals surface area contributed by atoms with Crippen LogP contribution in [0.2, 0.25) is 0 Å². The summed E-state index contributed by atoms with van der Waals surface area (Å²) < 4.78 is 1.70. The standard InChI is InChI=1S/C18H20N4/c1-11-5-6-16(14(4)8-11)17-18(19)22(21-20-17)15-9-12(2)7-13(3)10-15/h5-10H,19H2,1-4H3. The highest BCUT2D eigenvalue weighted by Crippen LogP contribution is 2.28. The van der Waals surface area contributed by atoms with Gasteiger partial charge in [-0.2, -0.15) is 4.68 Å². The van der Waals surface area contributed by atoms with Crippen LogP contribution in [0.25, 0.3) is 16.9 Å². The number of benzene rings is 2. The predicted octanol–water partition coefficient (Wildman–Crippen LogP) is 3.75. The van der Waals surface area contributed by atoms with Crippen molar-refractivity contribution in [2.24, 2.45) is 0 Å². The number of nitrogens with two attached hydrogens (primary N) is 1. The summed E-state index contributed by atoms with van der Waals surface area (Å²) in [6.07, 6.45) is 0. The van der Waals surface area contributed by atoms with Crippen LogP contribution >= 0.6 is 0 Å². The van der Waals surface area contributed by atoms with Crippen molar-refractivity contribution in [3.05, 3.63) is 58.7 Å². The third kappa shape index (κ3) is 2.48. The Kier molecular flexibility index (Phi) is 3.45. The van der Waals surface area contributed by atoms with E-state index in [2.05, 4.69) is 74.4 Å². The predicted molar refractivity (Wildman–Crippen MR) is 90.2 cm³/mol. The lowest BCUT2D eigenvalue weighted by molar-refractivity contribution is 0.809. The molecule has 3 aromatic rings. The average Bonchev–Trinajstić information content (AvgIpc) is 2.79. The molecule has 0 radical (unpaired) electrons. The lowest BCUT2D eigenvalue weighted by Gasteiger charge is -2.08. The first kappa shape index (κ1) is 14.3. The van der Waals surface area contributed by atoms with Gasteiger partial charge in [0.1, 0.15) is 5.69 Å². The number of rotatable bonds is 2. The van der Waals surface area contributed by atoms with E-state index in [1.807, 2.05) is 0 Å². The minimum Gasteiger partial charge on any atom is -0.382 e. The summed E-state index contributed by atoms with van der Waals surface area (Å²) in [5, 5.41) is 8.55. The molecule has 3 rings (SSSR count). The van der Waals surface area contributed by atoms with E-state index in [9.17, 15) is 0 Å². The Bertz CT molecular complexity index is 826. The number of hydrogen-bond donors (Lipinski definition) is 1. The molecule has 1 heterocycles. The number of nitrogens with zero attached hydrogens (tertiary/aromatic N) is 3. The fourth-order valence-electron chi connectivity index (χ4n) is 2.82.